The summed E-state index contributed by atoms with van der Waals surface area (Å²) in [6.45, 7) is 1.44. The molecule has 7 heteroatoms. The van der Waals surface area contributed by atoms with Crippen LogP contribution in [0, 0.1) is 11.8 Å². The van der Waals surface area contributed by atoms with E-state index in [4.69, 9.17) is 17.0 Å². The Morgan fingerprint density at radius 2 is 2.10 bits per heavy atom. The molecular formula is C22H28N2O4S. The van der Waals surface area contributed by atoms with Gasteiger partial charge in [0.2, 0.25) is 5.91 Å². The van der Waals surface area contributed by atoms with Crippen molar-refractivity contribution in [1.29, 1.82) is 0 Å². The fraction of sp³-hybridized carbons (Fsp3) is 0.500. The van der Waals surface area contributed by atoms with Gasteiger partial charge in [0.25, 0.3) is 5.17 Å². The van der Waals surface area contributed by atoms with Gasteiger partial charge < -0.3 is 19.7 Å². The minimum absolute atomic E-state index is 0.0132. The van der Waals surface area contributed by atoms with Crippen LogP contribution in [-0.2, 0) is 25.5 Å². The summed E-state index contributed by atoms with van der Waals surface area (Å²) in [4.78, 5) is 24.9. The standard InChI is InChI=1S/C22H28N2O4S/c1-27-21(26)11-7-2-3-8-16-24-19(12-13-20(24)25)17-28-22(29)23-15-14-18-9-5-4-6-10-18/h4-6,9-10,19H,2,7,11-17H2,1H3,(H,23,29). The molecule has 1 fully saturated rings. The van der Waals surface area contributed by atoms with Crippen molar-refractivity contribution in [1.82, 2.24) is 10.2 Å². The SMILES string of the molecule is COC(=O)CCCC#CCN1C(=O)CCC1COC(=S)NCCc1ccccc1. The number of likely N-dealkylation sites (tertiary alicyclic amines) is 1. The van der Waals surface area contributed by atoms with E-state index >= 15 is 0 Å². The van der Waals surface area contributed by atoms with Crippen LogP contribution in [0.1, 0.15) is 37.7 Å². The van der Waals surface area contributed by atoms with E-state index in [1.165, 1.54) is 12.7 Å². The van der Waals surface area contributed by atoms with Crippen LogP contribution in [0.4, 0.5) is 0 Å². The van der Waals surface area contributed by atoms with Crippen molar-refractivity contribution in [3.8, 4) is 11.8 Å². The van der Waals surface area contributed by atoms with E-state index in [2.05, 4.69) is 34.0 Å². The Morgan fingerprint density at radius 3 is 2.86 bits per heavy atom. The summed E-state index contributed by atoms with van der Waals surface area (Å²) in [5.74, 6) is 5.89. The van der Waals surface area contributed by atoms with Crippen molar-refractivity contribution in [2.45, 2.75) is 44.6 Å². The molecule has 0 radical (unpaired) electrons. The van der Waals surface area contributed by atoms with Crippen LogP contribution < -0.4 is 5.32 Å². The Bertz CT molecular complexity index is 742. The maximum atomic E-state index is 12.1. The average molecular weight is 417 g/mol. The second kappa shape index (κ2) is 12.8. The third-order valence-corrected chi connectivity index (χ3v) is 4.93. The van der Waals surface area contributed by atoms with E-state index in [1.54, 1.807) is 4.90 Å². The highest BCUT2D eigenvalue weighted by atomic mass is 32.1. The largest absolute Gasteiger partial charge is 0.469 e. The fourth-order valence-electron chi connectivity index (χ4n) is 3.01. The molecule has 0 bridgehead atoms. The predicted octanol–water partition coefficient (Wildman–Crippen LogP) is 2.46. The number of unbranched alkanes of at least 4 members (excludes halogenated alkanes) is 1. The highest BCUT2D eigenvalue weighted by Crippen LogP contribution is 2.18. The molecule has 1 unspecified atom stereocenters. The Labute approximate surface area is 177 Å². The van der Waals surface area contributed by atoms with Crippen molar-refractivity contribution in [3.63, 3.8) is 0 Å². The first-order valence-corrected chi connectivity index (χ1v) is 10.3. The van der Waals surface area contributed by atoms with E-state index < -0.39 is 0 Å². The van der Waals surface area contributed by atoms with E-state index in [-0.39, 0.29) is 17.9 Å². The van der Waals surface area contributed by atoms with Crippen molar-refractivity contribution in [2.75, 3.05) is 26.8 Å². The van der Waals surface area contributed by atoms with Gasteiger partial charge >= 0.3 is 5.97 Å². The van der Waals surface area contributed by atoms with Crippen LogP contribution in [0.5, 0.6) is 0 Å². The normalized spacial score (nSPS) is 15.4. The van der Waals surface area contributed by atoms with Gasteiger partial charge in [-0.2, -0.15) is 0 Å². The summed E-state index contributed by atoms with van der Waals surface area (Å²) < 4.78 is 10.2. The van der Waals surface area contributed by atoms with Crippen LogP contribution in [0.3, 0.4) is 0 Å². The quantitative estimate of drug-likeness (QED) is 0.289. The van der Waals surface area contributed by atoms with Crippen LogP contribution in [0.25, 0.3) is 0 Å². The topological polar surface area (TPSA) is 67.9 Å². The summed E-state index contributed by atoms with van der Waals surface area (Å²) >= 11 is 5.24. The van der Waals surface area contributed by atoms with Crippen LogP contribution >= 0.6 is 12.2 Å². The molecule has 156 valence electrons. The number of carbonyl (C=O) groups is 2. The second-order valence-electron chi connectivity index (χ2n) is 6.76. The molecule has 1 N–H and O–H groups in total. The van der Waals surface area contributed by atoms with Gasteiger partial charge in [0.05, 0.1) is 19.7 Å². The summed E-state index contributed by atoms with van der Waals surface area (Å²) in [6, 6.07) is 10.1. The number of hydrogen-bond acceptors (Lipinski definition) is 5. The zero-order valence-corrected chi connectivity index (χ0v) is 17.6. The third-order valence-electron chi connectivity index (χ3n) is 4.67. The Kier molecular flexibility index (Phi) is 10.0. The molecule has 1 aromatic carbocycles. The first-order chi connectivity index (χ1) is 14.1. The number of rotatable bonds is 9. The number of hydrogen-bond donors (Lipinski definition) is 1. The number of benzene rings is 1. The molecule has 1 atom stereocenters. The van der Waals surface area contributed by atoms with Gasteiger partial charge in [-0.05, 0) is 37.0 Å². The second-order valence-corrected chi connectivity index (χ2v) is 7.13. The monoisotopic (exact) mass is 416 g/mol. The zero-order valence-electron chi connectivity index (χ0n) is 16.8. The summed E-state index contributed by atoms with van der Waals surface area (Å²) in [5, 5.41) is 3.46. The zero-order chi connectivity index (χ0) is 20.9. The maximum absolute atomic E-state index is 12.1. The van der Waals surface area contributed by atoms with Crippen molar-refractivity contribution in [3.05, 3.63) is 35.9 Å². The number of amides is 1. The van der Waals surface area contributed by atoms with E-state index in [0.29, 0.717) is 50.6 Å². The molecule has 0 spiro atoms. The highest BCUT2D eigenvalue weighted by molar-refractivity contribution is 7.80. The number of methoxy groups -OCH3 is 1. The van der Waals surface area contributed by atoms with Crippen LogP contribution in [-0.4, -0.2) is 54.8 Å². The molecule has 1 saturated heterocycles. The first kappa shape index (κ1) is 22.7. The molecule has 1 amide bonds. The number of nitrogens with one attached hydrogen (secondary N) is 1. The number of thiocarbonyl (C=S) groups is 1. The lowest BCUT2D eigenvalue weighted by Crippen LogP contribution is -2.38. The Hall–Kier alpha value is -2.59. The van der Waals surface area contributed by atoms with Crippen molar-refractivity contribution >= 4 is 29.3 Å². The number of carbonyl (C=O) groups excluding carboxylic acids is 2. The van der Waals surface area contributed by atoms with Crippen LogP contribution in [0.15, 0.2) is 30.3 Å². The average Bonchev–Trinajstić information content (AvgIpc) is 3.09. The van der Waals surface area contributed by atoms with Gasteiger partial charge in [-0.15, -0.1) is 5.92 Å². The van der Waals surface area contributed by atoms with Gasteiger partial charge in [0.15, 0.2) is 0 Å². The first-order valence-electron chi connectivity index (χ1n) is 9.86. The van der Waals surface area contributed by atoms with Crippen molar-refractivity contribution < 1.29 is 19.1 Å². The molecule has 1 aromatic rings. The lowest BCUT2D eigenvalue weighted by molar-refractivity contribution is -0.140. The van der Waals surface area contributed by atoms with E-state index in [9.17, 15) is 9.59 Å². The number of esters is 1. The lowest BCUT2D eigenvalue weighted by Gasteiger charge is -2.23. The molecular weight excluding hydrogens is 388 g/mol. The van der Waals surface area contributed by atoms with Crippen molar-refractivity contribution in [2.24, 2.45) is 0 Å². The molecule has 1 aliphatic heterocycles. The van der Waals surface area contributed by atoms with Crippen LogP contribution in [0.2, 0.25) is 0 Å². The van der Waals surface area contributed by atoms with Gasteiger partial charge in [0, 0.05) is 25.8 Å². The smallest absolute Gasteiger partial charge is 0.305 e. The summed E-state index contributed by atoms with van der Waals surface area (Å²) in [7, 11) is 1.37. The third kappa shape index (κ3) is 8.53. The molecule has 29 heavy (non-hydrogen) atoms. The Morgan fingerprint density at radius 1 is 1.31 bits per heavy atom. The lowest BCUT2D eigenvalue weighted by atomic mass is 10.1. The minimum atomic E-state index is -0.230. The van der Waals surface area contributed by atoms with E-state index in [0.717, 1.165) is 12.8 Å². The van der Waals surface area contributed by atoms with Gasteiger partial charge in [-0.25, -0.2) is 0 Å². The minimum Gasteiger partial charge on any atom is -0.469 e. The van der Waals surface area contributed by atoms with Gasteiger partial charge in [-0.3, -0.25) is 9.59 Å². The molecule has 1 aliphatic rings. The summed E-state index contributed by atoms with van der Waals surface area (Å²) in [5.41, 5.74) is 1.24. The van der Waals surface area contributed by atoms with E-state index in [1.807, 2.05) is 18.2 Å². The molecule has 2 rings (SSSR count). The molecule has 0 saturated carbocycles. The molecule has 1 heterocycles. The number of ether oxygens (including phenoxy) is 2. The molecule has 0 aromatic heterocycles. The fourth-order valence-corrected chi connectivity index (χ4v) is 3.18. The maximum Gasteiger partial charge on any atom is 0.305 e. The van der Waals surface area contributed by atoms with Gasteiger partial charge in [0.1, 0.15) is 6.61 Å². The summed E-state index contributed by atoms with van der Waals surface area (Å²) in [6.07, 6.45) is 3.74. The molecule has 6 nitrogen and oxygen atoms in total. The predicted molar refractivity (Wildman–Crippen MR) is 115 cm³/mol. The highest BCUT2D eigenvalue weighted by Gasteiger charge is 2.30. The Balaban J connectivity index is 1.66. The number of nitrogens with zero attached hydrogens (tertiary/aromatic N) is 1. The molecule has 0 aliphatic carbocycles. The van der Waals surface area contributed by atoms with Gasteiger partial charge in [-0.1, -0.05) is 36.3 Å².